The third-order valence-corrected chi connectivity index (χ3v) is 5.60. The zero-order valence-electron chi connectivity index (χ0n) is 13.3. The first kappa shape index (κ1) is 16.7. The van der Waals surface area contributed by atoms with Gasteiger partial charge in [0.05, 0.1) is 29.6 Å². The van der Waals surface area contributed by atoms with Crippen molar-refractivity contribution in [2.24, 2.45) is 0 Å². The lowest BCUT2D eigenvalue weighted by Gasteiger charge is -2.30. The van der Waals surface area contributed by atoms with E-state index in [0.29, 0.717) is 25.3 Å². The van der Waals surface area contributed by atoms with Gasteiger partial charge < -0.3 is 14.1 Å². The maximum atomic E-state index is 12.6. The summed E-state index contributed by atoms with van der Waals surface area (Å²) in [4.78, 5) is 14.5. The Kier molecular flexibility index (Phi) is 4.73. The minimum atomic E-state index is -3.54. The molecule has 0 spiro atoms. The van der Waals surface area contributed by atoms with Crippen LogP contribution in [0, 0.1) is 0 Å². The Labute approximate surface area is 140 Å². The molecule has 2 aromatic rings. The maximum Gasteiger partial charge on any atom is 0.290 e. The molecule has 0 aliphatic carbocycles. The van der Waals surface area contributed by atoms with Crippen LogP contribution in [0.4, 0.5) is 0 Å². The summed E-state index contributed by atoms with van der Waals surface area (Å²) in [7, 11) is -3.54. The van der Waals surface area contributed by atoms with Crippen LogP contribution < -0.4 is 0 Å². The highest BCUT2D eigenvalue weighted by molar-refractivity contribution is 7.90. The van der Waals surface area contributed by atoms with Crippen LogP contribution in [0.1, 0.15) is 23.0 Å². The quantitative estimate of drug-likeness (QED) is 0.845. The second-order valence-electron chi connectivity index (χ2n) is 5.78. The topological polar surface area (TPSA) is 76.8 Å². The first-order valence-electron chi connectivity index (χ1n) is 7.72. The van der Waals surface area contributed by atoms with Gasteiger partial charge in [0.1, 0.15) is 0 Å². The first-order valence-corrected chi connectivity index (χ1v) is 9.37. The summed E-state index contributed by atoms with van der Waals surface area (Å²) in [6.07, 6.45) is 1.31. The number of ether oxygens (including phenoxy) is 1. The largest absolute Gasteiger partial charge is 0.459 e. The van der Waals surface area contributed by atoms with Gasteiger partial charge in [-0.1, -0.05) is 18.2 Å². The lowest BCUT2D eigenvalue weighted by molar-refractivity contribution is -0.0135. The molecule has 6 nitrogen and oxygen atoms in total. The Hall–Kier alpha value is -2.12. The molecular weight excluding hydrogens is 330 g/mol. The minimum absolute atomic E-state index is 0.0471. The van der Waals surface area contributed by atoms with Crippen molar-refractivity contribution in [2.45, 2.75) is 23.7 Å². The van der Waals surface area contributed by atoms with Crippen LogP contribution in [0.15, 0.2) is 52.0 Å². The molecule has 128 valence electrons. The van der Waals surface area contributed by atoms with Gasteiger partial charge in [0, 0.05) is 18.7 Å². The van der Waals surface area contributed by atoms with E-state index in [2.05, 4.69) is 0 Å². The number of carbonyl (C=O) groups excluding carboxylic acids is 1. The predicted octanol–water partition coefficient (Wildman–Crippen LogP) is 2.11. The van der Waals surface area contributed by atoms with Crippen molar-refractivity contribution in [1.82, 2.24) is 4.90 Å². The Bertz CT molecular complexity index is 813. The summed E-state index contributed by atoms with van der Waals surface area (Å²) < 4.78 is 35.8. The molecule has 0 N–H and O–H groups in total. The number of amides is 1. The molecular formula is C17H19NO5S. The Morgan fingerprint density at radius 1 is 1.25 bits per heavy atom. The van der Waals surface area contributed by atoms with Crippen LogP contribution in [0.25, 0.3) is 0 Å². The van der Waals surface area contributed by atoms with Gasteiger partial charge in [-0.2, -0.15) is 0 Å². The predicted molar refractivity (Wildman–Crippen MR) is 87.4 cm³/mol. The fraction of sp³-hybridized carbons (Fsp3) is 0.353. The molecule has 3 rings (SSSR count). The number of hydrogen-bond donors (Lipinski definition) is 0. The monoisotopic (exact) mass is 349 g/mol. The molecule has 7 heteroatoms. The fourth-order valence-electron chi connectivity index (χ4n) is 2.70. The van der Waals surface area contributed by atoms with E-state index in [1.807, 2.05) is 6.92 Å². The Balaban J connectivity index is 1.82. The molecule has 0 bridgehead atoms. The Morgan fingerprint density at radius 3 is 2.71 bits per heavy atom. The van der Waals surface area contributed by atoms with E-state index >= 15 is 0 Å². The van der Waals surface area contributed by atoms with Crippen molar-refractivity contribution in [3.63, 3.8) is 0 Å². The van der Waals surface area contributed by atoms with Gasteiger partial charge in [-0.05, 0) is 25.1 Å². The van der Waals surface area contributed by atoms with Crippen molar-refractivity contribution in [3.05, 3.63) is 54.0 Å². The summed E-state index contributed by atoms with van der Waals surface area (Å²) in [5, 5.41) is 0. The van der Waals surface area contributed by atoms with E-state index in [9.17, 15) is 13.2 Å². The lowest BCUT2D eigenvalue weighted by Crippen LogP contribution is -2.44. The normalized spacial score (nSPS) is 18.5. The second kappa shape index (κ2) is 6.78. The van der Waals surface area contributed by atoms with Crippen LogP contribution in [-0.2, 0) is 20.3 Å². The van der Waals surface area contributed by atoms with Gasteiger partial charge in [0.15, 0.2) is 15.6 Å². The average Bonchev–Trinajstić information content (AvgIpc) is 3.02. The maximum absolute atomic E-state index is 12.6. The highest BCUT2D eigenvalue weighted by Crippen LogP contribution is 2.21. The summed E-state index contributed by atoms with van der Waals surface area (Å²) in [6.45, 7) is 3.28. The third-order valence-electron chi connectivity index (χ3n) is 3.92. The van der Waals surface area contributed by atoms with Crippen molar-refractivity contribution in [2.75, 3.05) is 19.7 Å². The summed E-state index contributed by atoms with van der Waals surface area (Å²) in [6, 6.07) is 9.72. The van der Waals surface area contributed by atoms with Gasteiger partial charge >= 0.3 is 0 Å². The van der Waals surface area contributed by atoms with E-state index in [0.717, 1.165) is 0 Å². The van der Waals surface area contributed by atoms with E-state index in [1.54, 1.807) is 35.2 Å². The van der Waals surface area contributed by atoms with E-state index in [4.69, 9.17) is 9.15 Å². The van der Waals surface area contributed by atoms with Gasteiger partial charge in [-0.15, -0.1) is 0 Å². The number of furan rings is 1. The van der Waals surface area contributed by atoms with E-state index in [-0.39, 0.29) is 28.4 Å². The van der Waals surface area contributed by atoms with Gasteiger partial charge in [-0.3, -0.25) is 4.79 Å². The molecule has 1 aromatic carbocycles. The fourth-order valence-corrected chi connectivity index (χ4v) is 4.07. The first-order chi connectivity index (χ1) is 11.5. The number of hydrogen-bond acceptors (Lipinski definition) is 5. The molecule has 0 saturated carbocycles. The summed E-state index contributed by atoms with van der Waals surface area (Å²) in [5.41, 5.74) is 0.378. The molecule has 0 radical (unpaired) electrons. The van der Waals surface area contributed by atoms with Crippen LogP contribution in [0.3, 0.4) is 0 Å². The summed E-state index contributed by atoms with van der Waals surface area (Å²) in [5.74, 6) is -0.480. The Morgan fingerprint density at radius 2 is 2.00 bits per heavy atom. The third kappa shape index (κ3) is 3.52. The number of nitrogens with zero attached hydrogens (tertiary/aromatic N) is 1. The van der Waals surface area contributed by atoms with Crippen molar-refractivity contribution in [1.29, 1.82) is 0 Å². The second-order valence-corrected chi connectivity index (χ2v) is 7.77. The molecule has 1 aliphatic heterocycles. The van der Waals surface area contributed by atoms with Crippen molar-refractivity contribution >= 4 is 15.7 Å². The molecule has 1 amide bonds. The smallest absolute Gasteiger partial charge is 0.290 e. The molecule has 1 atom stereocenters. The molecule has 1 saturated heterocycles. The number of morpholine rings is 1. The van der Waals surface area contributed by atoms with Gasteiger partial charge in [0.25, 0.3) is 5.91 Å². The number of sulfone groups is 1. The number of rotatable bonds is 4. The molecule has 2 heterocycles. The number of benzene rings is 1. The van der Waals surface area contributed by atoms with Crippen molar-refractivity contribution < 1.29 is 22.4 Å². The van der Waals surface area contributed by atoms with E-state index < -0.39 is 9.84 Å². The lowest BCUT2D eigenvalue weighted by atomic mass is 10.2. The van der Waals surface area contributed by atoms with Gasteiger partial charge in [0.2, 0.25) is 0 Å². The molecule has 1 aliphatic rings. The SMILES string of the molecule is CC1CN(C(=O)c2occc2CS(=O)(=O)c2ccccc2)CCO1. The summed E-state index contributed by atoms with van der Waals surface area (Å²) >= 11 is 0. The average molecular weight is 349 g/mol. The van der Waals surface area contributed by atoms with Crippen LogP contribution >= 0.6 is 0 Å². The highest BCUT2D eigenvalue weighted by Gasteiger charge is 2.28. The van der Waals surface area contributed by atoms with Crippen LogP contribution in [0.2, 0.25) is 0 Å². The standard InChI is InChI=1S/C17H19NO5S/c1-13-11-18(8-10-22-13)17(19)16-14(7-9-23-16)12-24(20,21)15-5-3-2-4-6-15/h2-7,9,13H,8,10-12H2,1H3. The molecule has 1 aromatic heterocycles. The zero-order chi connectivity index (χ0) is 17.2. The van der Waals surface area contributed by atoms with E-state index in [1.165, 1.54) is 12.3 Å². The zero-order valence-corrected chi connectivity index (χ0v) is 14.2. The molecule has 1 fully saturated rings. The van der Waals surface area contributed by atoms with Crippen LogP contribution in [-0.4, -0.2) is 45.0 Å². The van der Waals surface area contributed by atoms with Crippen molar-refractivity contribution in [3.8, 4) is 0 Å². The number of carbonyl (C=O) groups is 1. The molecule has 1 unspecified atom stereocenters. The minimum Gasteiger partial charge on any atom is -0.459 e. The van der Waals surface area contributed by atoms with Crippen LogP contribution in [0.5, 0.6) is 0 Å². The highest BCUT2D eigenvalue weighted by atomic mass is 32.2. The van der Waals surface area contributed by atoms with Gasteiger partial charge in [-0.25, -0.2) is 8.42 Å². The molecule has 24 heavy (non-hydrogen) atoms.